The number of hydrogen-bond acceptors (Lipinski definition) is 5. The monoisotopic (exact) mass is 390 g/mol. The lowest BCUT2D eigenvalue weighted by molar-refractivity contribution is -0.140. The molecule has 0 amide bonds. The van der Waals surface area contributed by atoms with Crippen molar-refractivity contribution in [2.45, 2.75) is 24.4 Å². The summed E-state index contributed by atoms with van der Waals surface area (Å²) in [5.41, 5.74) is -0.145. The molecule has 1 aliphatic rings. The average Bonchev–Trinajstić information content (AvgIpc) is 3.49. The molecule has 28 heavy (non-hydrogen) atoms. The summed E-state index contributed by atoms with van der Waals surface area (Å²) in [5.74, 6) is -1.28. The molecule has 4 rings (SSSR count). The van der Waals surface area contributed by atoms with Crippen molar-refractivity contribution in [2.24, 2.45) is 0 Å². The van der Waals surface area contributed by atoms with Gasteiger partial charge in [0, 0.05) is 24.8 Å². The molecule has 1 saturated carbocycles. The molecular weight excluding hydrogens is 376 g/mol. The van der Waals surface area contributed by atoms with Gasteiger partial charge in [-0.15, -0.1) is 0 Å². The van der Waals surface area contributed by atoms with E-state index < -0.39 is 23.3 Å². The fourth-order valence-electron chi connectivity index (χ4n) is 3.18. The Morgan fingerprint density at radius 3 is 2.14 bits per heavy atom. The average molecular weight is 390 g/mol. The van der Waals surface area contributed by atoms with E-state index in [0.717, 1.165) is 18.7 Å². The quantitative estimate of drug-likeness (QED) is 0.619. The minimum Gasteiger partial charge on any atom is -0.494 e. The Kier molecular flexibility index (Phi) is 4.44. The molecule has 1 fully saturated rings. The molecule has 1 aliphatic carbocycles. The van der Waals surface area contributed by atoms with E-state index in [4.69, 9.17) is 4.74 Å². The van der Waals surface area contributed by atoms with Crippen molar-refractivity contribution in [1.29, 1.82) is 0 Å². The molecule has 1 aromatic carbocycles. The highest BCUT2D eigenvalue weighted by Crippen LogP contribution is 2.55. The molecular formula is C19H14F4N4O. The van der Waals surface area contributed by atoms with Gasteiger partial charge in [0.1, 0.15) is 0 Å². The van der Waals surface area contributed by atoms with Gasteiger partial charge in [0.2, 0.25) is 0 Å². The van der Waals surface area contributed by atoms with Gasteiger partial charge in [0.25, 0.3) is 0 Å². The predicted molar refractivity (Wildman–Crippen MR) is 91.1 cm³/mol. The summed E-state index contributed by atoms with van der Waals surface area (Å²) < 4.78 is 58.2. The first-order chi connectivity index (χ1) is 13.4. The van der Waals surface area contributed by atoms with E-state index in [1.165, 1.54) is 6.07 Å². The molecule has 0 aliphatic heterocycles. The summed E-state index contributed by atoms with van der Waals surface area (Å²) in [4.78, 5) is 16.6. The first-order valence-electron chi connectivity index (χ1n) is 8.42. The first kappa shape index (κ1) is 18.3. The van der Waals surface area contributed by atoms with Gasteiger partial charge in [-0.2, -0.15) is 13.2 Å². The van der Waals surface area contributed by atoms with Crippen LogP contribution < -0.4 is 4.74 Å². The number of methoxy groups -OCH3 is 1. The van der Waals surface area contributed by atoms with Crippen LogP contribution in [0.5, 0.6) is 5.75 Å². The van der Waals surface area contributed by atoms with Crippen LogP contribution in [0.25, 0.3) is 11.6 Å². The molecule has 3 aromatic rings. The highest BCUT2D eigenvalue weighted by Gasteiger charge is 2.43. The van der Waals surface area contributed by atoms with E-state index in [1.54, 1.807) is 30.9 Å². The molecule has 5 nitrogen and oxygen atoms in total. The minimum absolute atomic E-state index is 0.0398. The highest BCUT2D eigenvalue weighted by atomic mass is 19.4. The van der Waals surface area contributed by atoms with Crippen LogP contribution in [0.2, 0.25) is 0 Å². The van der Waals surface area contributed by atoms with Gasteiger partial charge < -0.3 is 4.74 Å². The van der Waals surface area contributed by atoms with Crippen molar-refractivity contribution in [3.63, 3.8) is 0 Å². The number of aromatic nitrogens is 4. The first-order valence-corrected chi connectivity index (χ1v) is 8.42. The van der Waals surface area contributed by atoms with E-state index in [2.05, 4.69) is 19.9 Å². The van der Waals surface area contributed by atoms with E-state index >= 15 is 0 Å². The molecule has 0 bridgehead atoms. The largest absolute Gasteiger partial charge is 0.494 e. The Morgan fingerprint density at radius 2 is 1.54 bits per heavy atom. The second kappa shape index (κ2) is 6.81. The second-order valence-corrected chi connectivity index (χ2v) is 6.44. The summed E-state index contributed by atoms with van der Waals surface area (Å²) >= 11 is 0. The molecule has 2 atom stereocenters. The van der Waals surface area contributed by atoms with Gasteiger partial charge in [-0.1, -0.05) is 0 Å². The van der Waals surface area contributed by atoms with Crippen LogP contribution >= 0.6 is 0 Å². The standard InChI is InChI=1S/C19H14F4N4O/c1-28-15-6-10(5-14(16(15)20)19(21,22)23)12-7-13(12)11-8-26-18(27-9-11)17-24-3-2-4-25-17/h2-6,8-9,12-13H,7H2,1H3. The van der Waals surface area contributed by atoms with E-state index in [0.29, 0.717) is 23.6 Å². The Bertz CT molecular complexity index is 993. The van der Waals surface area contributed by atoms with Crippen molar-refractivity contribution in [3.05, 3.63) is 65.5 Å². The van der Waals surface area contributed by atoms with Gasteiger partial charge in [0.15, 0.2) is 23.2 Å². The van der Waals surface area contributed by atoms with Crippen molar-refractivity contribution >= 4 is 0 Å². The topological polar surface area (TPSA) is 60.8 Å². The number of halogens is 4. The second-order valence-electron chi connectivity index (χ2n) is 6.44. The Balaban J connectivity index is 1.59. The number of ether oxygens (including phenoxy) is 1. The SMILES string of the molecule is COc1cc(C2CC2c2cnc(-c3ncccn3)nc2)cc(C(F)(F)F)c1F. The van der Waals surface area contributed by atoms with Crippen LogP contribution in [0.1, 0.15) is 34.9 Å². The zero-order valence-corrected chi connectivity index (χ0v) is 14.6. The van der Waals surface area contributed by atoms with Crippen molar-refractivity contribution in [2.75, 3.05) is 7.11 Å². The number of rotatable bonds is 4. The molecule has 2 unspecified atom stereocenters. The predicted octanol–water partition coefficient (Wildman–Crippen LogP) is 4.37. The van der Waals surface area contributed by atoms with Gasteiger partial charge in [-0.05, 0) is 47.6 Å². The van der Waals surface area contributed by atoms with E-state index in [-0.39, 0.29) is 11.8 Å². The molecule has 0 radical (unpaired) electrons. The summed E-state index contributed by atoms with van der Waals surface area (Å²) in [6.07, 6.45) is 2.23. The fourth-order valence-corrected chi connectivity index (χ4v) is 3.18. The molecule has 2 aromatic heterocycles. The number of nitrogens with zero attached hydrogens (tertiary/aromatic N) is 4. The van der Waals surface area contributed by atoms with Crippen LogP contribution in [0.4, 0.5) is 17.6 Å². The van der Waals surface area contributed by atoms with Crippen LogP contribution in [-0.4, -0.2) is 27.0 Å². The number of benzene rings is 1. The maximum Gasteiger partial charge on any atom is 0.419 e. The molecule has 0 spiro atoms. The van der Waals surface area contributed by atoms with Crippen LogP contribution in [0.3, 0.4) is 0 Å². The van der Waals surface area contributed by atoms with Crippen LogP contribution in [-0.2, 0) is 6.18 Å². The van der Waals surface area contributed by atoms with Crippen LogP contribution in [0.15, 0.2) is 43.0 Å². The lowest BCUT2D eigenvalue weighted by atomic mass is 10.0. The van der Waals surface area contributed by atoms with Crippen molar-refractivity contribution in [1.82, 2.24) is 19.9 Å². The summed E-state index contributed by atoms with van der Waals surface area (Å²) in [7, 11) is 1.14. The van der Waals surface area contributed by atoms with Gasteiger partial charge in [0.05, 0.1) is 12.7 Å². The third kappa shape index (κ3) is 3.39. The summed E-state index contributed by atoms with van der Waals surface area (Å²) in [5, 5.41) is 0. The van der Waals surface area contributed by atoms with E-state index in [9.17, 15) is 17.6 Å². The summed E-state index contributed by atoms with van der Waals surface area (Å²) in [6, 6.07) is 3.86. The zero-order chi connectivity index (χ0) is 19.9. The minimum atomic E-state index is -4.79. The normalized spacial score (nSPS) is 18.8. The maximum absolute atomic E-state index is 14.0. The Hall–Kier alpha value is -3.10. The molecule has 9 heteroatoms. The number of alkyl halides is 3. The Morgan fingerprint density at radius 1 is 0.929 bits per heavy atom. The fraction of sp³-hybridized carbons (Fsp3) is 0.263. The molecule has 144 valence electrons. The van der Waals surface area contributed by atoms with Crippen LogP contribution in [0, 0.1) is 5.82 Å². The third-order valence-corrected chi connectivity index (χ3v) is 4.67. The number of hydrogen-bond donors (Lipinski definition) is 0. The zero-order valence-electron chi connectivity index (χ0n) is 14.6. The van der Waals surface area contributed by atoms with Crippen molar-refractivity contribution in [3.8, 4) is 17.4 Å². The van der Waals surface area contributed by atoms with Gasteiger partial charge in [-0.25, -0.2) is 24.3 Å². The van der Waals surface area contributed by atoms with E-state index in [1.807, 2.05) is 0 Å². The maximum atomic E-state index is 14.0. The lowest BCUT2D eigenvalue weighted by Crippen LogP contribution is -2.10. The summed E-state index contributed by atoms with van der Waals surface area (Å²) in [6.45, 7) is 0. The molecule has 0 saturated heterocycles. The smallest absolute Gasteiger partial charge is 0.419 e. The Labute approximate surface area is 157 Å². The van der Waals surface area contributed by atoms with Gasteiger partial charge >= 0.3 is 6.18 Å². The lowest BCUT2D eigenvalue weighted by Gasteiger charge is -2.13. The highest BCUT2D eigenvalue weighted by molar-refractivity contribution is 5.45. The van der Waals surface area contributed by atoms with Gasteiger partial charge in [-0.3, -0.25) is 0 Å². The molecule has 2 heterocycles. The van der Waals surface area contributed by atoms with Crippen molar-refractivity contribution < 1.29 is 22.3 Å². The molecule has 0 N–H and O–H groups in total. The third-order valence-electron chi connectivity index (χ3n) is 4.67.